The second-order valence-corrected chi connectivity index (χ2v) is 6.81. The highest BCUT2D eigenvalue weighted by atomic mass is 19.1. The molecular formula is C15H26FN. The summed E-state index contributed by atoms with van der Waals surface area (Å²) < 4.78 is 15.0. The van der Waals surface area contributed by atoms with E-state index < -0.39 is 5.67 Å². The molecule has 1 nitrogen and oxygen atoms in total. The van der Waals surface area contributed by atoms with Crippen molar-refractivity contribution in [2.24, 2.45) is 11.8 Å². The van der Waals surface area contributed by atoms with Crippen LogP contribution in [-0.2, 0) is 0 Å². The molecule has 2 heteroatoms. The monoisotopic (exact) mass is 239 g/mol. The summed E-state index contributed by atoms with van der Waals surface area (Å²) in [4.78, 5) is 0. The van der Waals surface area contributed by atoms with E-state index in [-0.39, 0.29) is 0 Å². The van der Waals surface area contributed by atoms with Gasteiger partial charge in [0, 0.05) is 18.0 Å². The summed E-state index contributed by atoms with van der Waals surface area (Å²) in [6.45, 7) is 1.88. The van der Waals surface area contributed by atoms with E-state index >= 15 is 0 Å². The minimum absolute atomic E-state index is 0.291. The molecule has 2 heterocycles. The summed E-state index contributed by atoms with van der Waals surface area (Å²) in [5.41, 5.74) is -0.911. The topological polar surface area (TPSA) is 12.0 Å². The van der Waals surface area contributed by atoms with Crippen LogP contribution in [0.5, 0.6) is 0 Å². The third-order valence-electron chi connectivity index (χ3n) is 5.46. The van der Waals surface area contributed by atoms with E-state index in [0.29, 0.717) is 23.9 Å². The summed E-state index contributed by atoms with van der Waals surface area (Å²) in [5.74, 6) is 0.934. The summed E-state index contributed by atoms with van der Waals surface area (Å²) in [5, 5.41) is 3.67. The Morgan fingerprint density at radius 3 is 2.41 bits per heavy atom. The van der Waals surface area contributed by atoms with E-state index in [2.05, 4.69) is 5.32 Å². The molecule has 0 aromatic heterocycles. The van der Waals surface area contributed by atoms with Gasteiger partial charge in [-0.2, -0.15) is 0 Å². The molecule has 2 aliphatic heterocycles. The average Bonchev–Trinajstić information content (AvgIpc) is 2.50. The molecule has 0 amide bonds. The number of halogens is 1. The van der Waals surface area contributed by atoms with Crippen LogP contribution in [-0.4, -0.2) is 17.8 Å². The Hall–Kier alpha value is -0.110. The molecule has 2 bridgehead atoms. The van der Waals surface area contributed by atoms with E-state index in [1.165, 1.54) is 51.4 Å². The van der Waals surface area contributed by atoms with Crippen LogP contribution in [0.15, 0.2) is 0 Å². The molecule has 4 unspecified atom stereocenters. The van der Waals surface area contributed by atoms with E-state index in [9.17, 15) is 4.39 Å². The SMILES string of the molecule is CC1(F)CC2CCC(N2)C1C1CCCCCC1. The molecule has 0 aromatic carbocycles. The third kappa shape index (κ3) is 2.25. The van der Waals surface area contributed by atoms with Crippen molar-refractivity contribution in [2.45, 2.75) is 82.5 Å². The quantitative estimate of drug-likeness (QED) is 0.686. The van der Waals surface area contributed by atoms with Gasteiger partial charge in [0.1, 0.15) is 5.67 Å². The van der Waals surface area contributed by atoms with E-state index in [0.717, 1.165) is 6.42 Å². The minimum atomic E-state index is -0.911. The molecule has 98 valence electrons. The number of alkyl halides is 1. The first-order valence-corrected chi connectivity index (χ1v) is 7.62. The Labute approximate surface area is 105 Å². The van der Waals surface area contributed by atoms with Crippen molar-refractivity contribution in [2.75, 3.05) is 0 Å². The Bertz CT molecular complexity index is 268. The van der Waals surface area contributed by atoms with Gasteiger partial charge in [0.15, 0.2) is 0 Å². The second kappa shape index (κ2) is 4.53. The lowest BCUT2D eigenvalue weighted by molar-refractivity contribution is -0.00242. The lowest BCUT2D eigenvalue weighted by atomic mass is 9.70. The van der Waals surface area contributed by atoms with Crippen LogP contribution in [0.25, 0.3) is 0 Å². The highest BCUT2D eigenvalue weighted by molar-refractivity contribution is 5.06. The molecule has 0 spiro atoms. The fourth-order valence-corrected chi connectivity index (χ4v) is 4.82. The number of hydrogen-bond acceptors (Lipinski definition) is 1. The van der Waals surface area contributed by atoms with Gasteiger partial charge in [0.2, 0.25) is 0 Å². The number of rotatable bonds is 1. The summed E-state index contributed by atoms with van der Waals surface area (Å²) in [6, 6.07) is 0.948. The molecule has 3 aliphatic rings. The second-order valence-electron chi connectivity index (χ2n) is 6.81. The third-order valence-corrected chi connectivity index (χ3v) is 5.46. The van der Waals surface area contributed by atoms with Crippen LogP contribution in [0.1, 0.15) is 64.7 Å². The van der Waals surface area contributed by atoms with Crippen molar-refractivity contribution in [1.29, 1.82) is 0 Å². The van der Waals surface area contributed by atoms with Gasteiger partial charge in [-0.1, -0.05) is 38.5 Å². The zero-order valence-corrected chi connectivity index (χ0v) is 11.1. The Morgan fingerprint density at radius 2 is 1.71 bits per heavy atom. The van der Waals surface area contributed by atoms with Crippen LogP contribution in [0.4, 0.5) is 4.39 Å². The molecule has 17 heavy (non-hydrogen) atoms. The fraction of sp³-hybridized carbons (Fsp3) is 1.00. The number of piperidine rings is 1. The van der Waals surface area contributed by atoms with Crippen molar-refractivity contribution in [3.63, 3.8) is 0 Å². The first-order valence-electron chi connectivity index (χ1n) is 7.62. The zero-order chi connectivity index (χ0) is 11.9. The van der Waals surface area contributed by atoms with Crippen LogP contribution in [0, 0.1) is 11.8 Å². The van der Waals surface area contributed by atoms with Crippen molar-refractivity contribution in [3.05, 3.63) is 0 Å². The zero-order valence-electron chi connectivity index (χ0n) is 11.1. The summed E-state index contributed by atoms with van der Waals surface area (Å²) >= 11 is 0. The lowest BCUT2D eigenvalue weighted by Gasteiger charge is -2.44. The summed E-state index contributed by atoms with van der Waals surface area (Å²) in [7, 11) is 0. The van der Waals surface area contributed by atoms with Gasteiger partial charge in [0.25, 0.3) is 0 Å². The van der Waals surface area contributed by atoms with Gasteiger partial charge >= 0.3 is 0 Å². The normalized spacial score (nSPS) is 48.0. The predicted molar refractivity (Wildman–Crippen MR) is 68.8 cm³/mol. The van der Waals surface area contributed by atoms with Crippen molar-refractivity contribution < 1.29 is 4.39 Å². The largest absolute Gasteiger partial charge is 0.311 e. The van der Waals surface area contributed by atoms with Gasteiger partial charge in [-0.25, -0.2) is 4.39 Å². The molecule has 1 N–H and O–H groups in total. The maximum Gasteiger partial charge on any atom is 0.114 e. The maximum atomic E-state index is 15.0. The molecule has 3 rings (SSSR count). The van der Waals surface area contributed by atoms with Gasteiger partial charge in [-0.05, 0) is 32.1 Å². The predicted octanol–water partition coefficient (Wildman–Crippen LogP) is 3.83. The number of hydrogen-bond donors (Lipinski definition) is 1. The number of fused-ring (bicyclic) bond motifs is 2. The highest BCUT2D eigenvalue weighted by Gasteiger charge is 2.51. The Morgan fingerprint density at radius 1 is 1.00 bits per heavy atom. The minimum Gasteiger partial charge on any atom is -0.311 e. The molecule has 4 atom stereocenters. The van der Waals surface area contributed by atoms with Gasteiger partial charge < -0.3 is 5.32 Å². The molecule has 3 fully saturated rings. The van der Waals surface area contributed by atoms with Crippen LogP contribution >= 0.6 is 0 Å². The van der Waals surface area contributed by atoms with Crippen LogP contribution in [0.2, 0.25) is 0 Å². The Balaban J connectivity index is 1.78. The van der Waals surface area contributed by atoms with Crippen LogP contribution in [0.3, 0.4) is 0 Å². The molecular weight excluding hydrogens is 213 g/mol. The molecule has 1 saturated carbocycles. The van der Waals surface area contributed by atoms with E-state index in [1.54, 1.807) is 0 Å². The number of nitrogens with one attached hydrogen (secondary N) is 1. The van der Waals surface area contributed by atoms with Crippen molar-refractivity contribution >= 4 is 0 Å². The summed E-state index contributed by atoms with van der Waals surface area (Å²) in [6.07, 6.45) is 11.1. The van der Waals surface area contributed by atoms with Gasteiger partial charge in [-0.3, -0.25) is 0 Å². The highest BCUT2D eigenvalue weighted by Crippen LogP contribution is 2.47. The maximum absolute atomic E-state index is 15.0. The smallest absolute Gasteiger partial charge is 0.114 e. The van der Waals surface area contributed by atoms with Crippen molar-refractivity contribution in [1.82, 2.24) is 5.32 Å². The molecule has 0 radical (unpaired) electrons. The molecule has 0 aromatic rings. The van der Waals surface area contributed by atoms with Gasteiger partial charge in [0.05, 0.1) is 0 Å². The van der Waals surface area contributed by atoms with E-state index in [4.69, 9.17) is 0 Å². The first-order chi connectivity index (χ1) is 8.17. The first kappa shape index (κ1) is 12.0. The average molecular weight is 239 g/mol. The van der Waals surface area contributed by atoms with Gasteiger partial charge in [-0.15, -0.1) is 0 Å². The molecule has 1 aliphatic carbocycles. The Kier molecular flexibility index (Phi) is 3.18. The van der Waals surface area contributed by atoms with E-state index in [1.807, 2.05) is 6.92 Å². The fourth-order valence-electron chi connectivity index (χ4n) is 4.82. The standard InChI is InChI=1S/C15H26FN/c1-15(16)10-12-8-9-13(17-12)14(15)11-6-4-2-3-5-7-11/h11-14,17H,2-10H2,1H3. The van der Waals surface area contributed by atoms with Crippen LogP contribution < -0.4 is 5.32 Å². The lowest BCUT2D eigenvalue weighted by Crippen LogP contribution is -2.55. The molecule has 2 saturated heterocycles. The van der Waals surface area contributed by atoms with Crippen molar-refractivity contribution in [3.8, 4) is 0 Å².